The first-order valence-corrected chi connectivity index (χ1v) is 15.9. The molecule has 0 aromatic heterocycles. The smallest absolute Gasteiger partial charge is 0.0114 e. The Bertz CT molecular complexity index is 473. The fourth-order valence-electron chi connectivity index (χ4n) is 5.17. The summed E-state index contributed by atoms with van der Waals surface area (Å²) < 4.78 is 0. The van der Waals surface area contributed by atoms with Gasteiger partial charge >= 0.3 is 0 Å². The van der Waals surface area contributed by atoms with E-state index in [0.717, 1.165) is 0 Å². The first-order chi connectivity index (χ1) is 16.9. The minimum absolute atomic E-state index is 1.23. The van der Waals surface area contributed by atoms with E-state index < -0.39 is 0 Å². The average Bonchev–Trinajstić information content (AvgIpc) is 2.85. The van der Waals surface area contributed by atoms with Crippen LogP contribution in [0.25, 0.3) is 0 Å². The van der Waals surface area contributed by atoms with Crippen LogP contribution in [0.4, 0.5) is 0 Å². The van der Waals surface area contributed by atoms with Crippen LogP contribution in [0.15, 0.2) is 18.2 Å². The van der Waals surface area contributed by atoms with Gasteiger partial charge < -0.3 is 0 Å². The molecule has 0 fully saturated rings. The van der Waals surface area contributed by atoms with Gasteiger partial charge in [-0.25, -0.2) is 0 Å². The third-order valence-electron chi connectivity index (χ3n) is 7.52. The summed E-state index contributed by atoms with van der Waals surface area (Å²) in [5.74, 6) is 0. The Morgan fingerprint density at radius 3 is 0.941 bits per heavy atom. The first kappa shape index (κ1) is 31.3. The summed E-state index contributed by atoms with van der Waals surface area (Å²) in [6.07, 6.45) is 36.8. The average molecular weight is 470 g/mol. The third-order valence-corrected chi connectivity index (χ3v) is 7.52. The van der Waals surface area contributed by atoms with Gasteiger partial charge in [-0.3, -0.25) is 0 Å². The van der Waals surface area contributed by atoms with Crippen molar-refractivity contribution < 1.29 is 0 Å². The van der Waals surface area contributed by atoms with Gasteiger partial charge in [0.15, 0.2) is 0 Å². The Hall–Kier alpha value is -0.780. The van der Waals surface area contributed by atoms with E-state index in [1.165, 1.54) is 178 Å². The second kappa shape index (κ2) is 25.3. The number of rotatable bonds is 26. The molecule has 0 aliphatic heterocycles. The number of hydrogen-bond acceptors (Lipinski definition) is 0. The molecule has 1 rings (SSSR count). The van der Waals surface area contributed by atoms with E-state index in [4.69, 9.17) is 0 Å². The fourth-order valence-corrected chi connectivity index (χ4v) is 5.17. The second-order valence-electron chi connectivity index (χ2n) is 11.0. The highest BCUT2D eigenvalue weighted by Gasteiger charge is 2.00. The standard InChI is InChI=1S/C34H61/c1-3-5-7-9-11-13-15-17-19-21-23-25-28-33-30-27-31-34(32-33)29-26-24-22-20-18-16-14-12-10-8-6-4-2/h27,30-31H,3-26,28-29H2,1-2H3. The van der Waals surface area contributed by atoms with Crippen molar-refractivity contribution >= 4 is 0 Å². The lowest BCUT2D eigenvalue weighted by Gasteiger charge is -2.06. The van der Waals surface area contributed by atoms with Crippen LogP contribution < -0.4 is 0 Å². The molecule has 0 spiro atoms. The van der Waals surface area contributed by atoms with Crippen molar-refractivity contribution in [3.63, 3.8) is 0 Å². The van der Waals surface area contributed by atoms with E-state index in [9.17, 15) is 0 Å². The van der Waals surface area contributed by atoms with Crippen LogP contribution in [0.2, 0.25) is 0 Å². The summed E-state index contributed by atoms with van der Waals surface area (Å²) in [7, 11) is 0. The molecular weight excluding hydrogens is 408 g/mol. The molecule has 1 aromatic rings. The zero-order chi connectivity index (χ0) is 24.4. The lowest BCUT2D eigenvalue weighted by Crippen LogP contribution is -1.92. The number of benzene rings is 1. The maximum Gasteiger partial charge on any atom is -0.0114 e. The van der Waals surface area contributed by atoms with Crippen LogP contribution in [-0.2, 0) is 12.8 Å². The topological polar surface area (TPSA) is 0 Å². The molecule has 0 N–H and O–H groups in total. The van der Waals surface area contributed by atoms with E-state index in [1.54, 1.807) is 0 Å². The molecule has 34 heavy (non-hydrogen) atoms. The Kier molecular flexibility index (Phi) is 23.3. The summed E-state index contributed by atoms with van der Waals surface area (Å²) in [6, 6.07) is 10.6. The van der Waals surface area contributed by atoms with Crippen molar-refractivity contribution in [3.05, 3.63) is 35.4 Å². The van der Waals surface area contributed by atoms with Crippen molar-refractivity contribution in [2.75, 3.05) is 0 Å². The predicted octanol–water partition coefficient (Wildman–Crippen LogP) is 12.0. The quantitative estimate of drug-likeness (QED) is 0.118. The van der Waals surface area contributed by atoms with E-state index in [-0.39, 0.29) is 0 Å². The van der Waals surface area contributed by atoms with Gasteiger partial charge in [-0.15, -0.1) is 0 Å². The van der Waals surface area contributed by atoms with E-state index in [1.807, 2.05) is 0 Å². The first-order valence-electron chi connectivity index (χ1n) is 15.9. The van der Waals surface area contributed by atoms with Gasteiger partial charge in [0.2, 0.25) is 0 Å². The molecule has 0 atom stereocenters. The van der Waals surface area contributed by atoms with Crippen LogP contribution in [0.3, 0.4) is 0 Å². The molecule has 1 aromatic carbocycles. The van der Waals surface area contributed by atoms with Gasteiger partial charge in [-0.1, -0.05) is 173 Å². The highest BCUT2D eigenvalue weighted by atomic mass is 14.1. The van der Waals surface area contributed by atoms with E-state index >= 15 is 0 Å². The lowest BCUT2D eigenvalue weighted by molar-refractivity contribution is 0.543. The summed E-state index contributed by atoms with van der Waals surface area (Å²) in [4.78, 5) is 0. The van der Waals surface area contributed by atoms with Crippen LogP contribution in [0.5, 0.6) is 0 Å². The van der Waals surface area contributed by atoms with Gasteiger partial charge in [0.05, 0.1) is 0 Å². The molecule has 0 heterocycles. The van der Waals surface area contributed by atoms with Crippen molar-refractivity contribution in [2.24, 2.45) is 0 Å². The van der Waals surface area contributed by atoms with Gasteiger partial charge in [0.25, 0.3) is 0 Å². The maximum atomic E-state index is 3.72. The molecule has 0 unspecified atom stereocenters. The molecule has 0 saturated carbocycles. The number of hydrogen-bond donors (Lipinski definition) is 0. The van der Waals surface area contributed by atoms with Gasteiger partial charge in [0.1, 0.15) is 0 Å². The van der Waals surface area contributed by atoms with Crippen LogP contribution in [0.1, 0.15) is 179 Å². The number of unbranched alkanes of at least 4 members (excludes halogenated alkanes) is 22. The van der Waals surface area contributed by atoms with Crippen molar-refractivity contribution in [2.45, 2.75) is 181 Å². The fraction of sp³-hybridized carbons (Fsp3) is 0.824. The summed E-state index contributed by atoms with van der Waals surface area (Å²) >= 11 is 0. The largest absolute Gasteiger partial charge is 0.0654 e. The Morgan fingerprint density at radius 2 is 0.647 bits per heavy atom. The van der Waals surface area contributed by atoms with Gasteiger partial charge in [-0.05, 0) is 42.9 Å². The molecule has 0 bridgehead atoms. The zero-order valence-corrected chi connectivity index (χ0v) is 23.6. The zero-order valence-electron chi connectivity index (χ0n) is 23.6. The summed E-state index contributed by atoms with van der Waals surface area (Å²) in [6.45, 7) is 4.60. The minimum Gasteiger partial charge on any atom is -0.0654 e. The Morgan fingerprint density at radius 1 is 0.382 bits per heavy atom. The molecule has 0 nitrogen and oxygen atoms in total. The van der Waals surface area contributed by atoms with Crippen molar-refractivity contribution in [1.29, 1.82) is 0 Å². The van der Waals surface area contributed by atoms with Crippen molar-refractivity contribution in [1.82, 2.24) is 0 Å². The molecule has 0 saturated heterocycles. The van der Waals surface area contributed by atoms with E-state index in [0.29, 0.717) is 0 Å². The third kappa shape index (κ3) is 20.6. The summed E-state index contributed by atoms with van der Waals surface area (Å²) in [5, 5.41) is 0. The molecule has 1 radical (unpaired) electrons. The predicted molar refractivity (Wildman–Crippen MR) is 155 cm³/mol. The van der Waals surface area contributed by atoms with Crippen molar-refractivity contribution in [3.8, 4) is 0 Å². The second-order valence-corrected chi connectivity index (χ2v) is 11.0. The highest BCUT2D eigenvalue weighted by Crippen LogP contribution is 2.16. The lowest BCUT2D eigenvalue weighted by atomic mass is 9.99. The van der Waals surface area contributed by atoms with Crippen LogP contribution >= 0.6 is 0 Å². The molecule has 0 aliphatic rings. The SMILES string of the molecule is CCCCCCCCCCCCCCc1[c]c(CCCCCCCCCCCCCC)ccc1. The highest BCUT2D eigenvalue weighted by molar-refractivity contribution is 5.22. The Labute approximate surface area is 216 Å². The summed E-state index contributed by atoms with van der Waals surface area (Å²) in [5.41, 5.74) is 2.90. The van der Waals surface area contributed by atoms with Gasteiger partial charge in [0, 0.05) is 0 Å². The molecule has 0 heteroatoms. The molecule has 197 valence electrons. The van der Waals surface area contributed by atoms with Gasteiger partial charge in [-0.2, -0.15) is 0 Å². The van der Waals surface area contributed by atoms with Crippen LogP contribution in [-0.4, -0.2) is 0 Å². The monoisotopic (exact) mass is 469 g/mol. The molecule has 0 aliphatic carbocycles. The maximum absolute atomic E-state index is 3.72. The minimum atomic E-state index is 1.23. The number of aryl methyl sites for hydroxylation is 2. The molecular formula is C34H61. The Balaban J connectivity index is 1.91. The van der Waals surface area contributed by atoms with E-state index in [2.05, 4.69) is 38.1 Å². The molecule has 0 amide bonds. The van der Waals surface area contributed by atoms with Crippen LogP contribution in [0, 0.1) is 6.07 Å². The normalized spacial score (nSPS) is 11.4.